The van der Waals surface area contributed by atoms with Gasteiger partial charge in [-0.05, 0) is 17.7 Å². The highest BCUT2D eigenvalue weighted by Gasteiger charge is 2.41. The average Bonchev–Trinajstić information content (AvgIpc) is 2.62. The number of hydrogen-bond donors (Lipinski definition) is 1. The van der Waals surface area contributed by atoms with Crippen LogP contribution in [-0.2, 0) is 16.1 Å². The molecule has 1 heterocycles. The molecule has 120 valence electrons. The number of anilines is 1. The molecule has 1 amide bonds. The number of hydrogen-bond acceptors (Lipinski definition) is 4. The van der Waals surface area contributed by atoms with Crippen molar-refractivity contribution >= 4 is 11.8 Å². The van der Waals surface area contributed by atoms with Gasteiger partial charge in [-0.15, -0.1) is 4.59 Å². The minimum Gasteiger partial charge on any atom is -0.413 e. The fourth-order valence-electron chi connectivity index (χ4n) is 2.60. The molecule has 2 aromatic rings. The molecule has 23 heavy (non-hydrogen) atoms. The highest BCUT2D eigenvalue weighted by Crippen LogP contribution is 2.19. The lowest BCUT2D eigenvalue weighted by molar-refractivity contribution is -0.845. The Hall–Kier alpha value is -2.37. The number of rotatable bonds is 4. The molecule has 0 bridgehead atoms. The number of quaternary nitrogens is 1. The summed E-state index contributed by atoms with van der Waals surface area (Å²) < 4.78 is 11.0. The van der Waals surface area contributed by atoms with Crippen molar-refractivity contribution in [3.8, 4) is 0 Å². The van der Waals surface area contributed by atoms with Crippen molar-refractivity contribution in [2.24, 2.45) is 0 Å². The van der Waals surface area contributed by atoms with Gasteiger partial charge in [0.05, 0.1) is 18.9 Å². The maximum Gasteiger partial charge on any atom is 0.541 e. The van der Waals surface area contributed by atoms with Crippen molar-refractivity contribution in [1.29, 1.82) is 0 Å². The standard InChI is InChI=1S/C18H21N2O3/c21-18(23-15-16-7-3-1-4-8-16)20(11-13-22-14-12-20)19-17-9-5-2-6-10-17/h1-10,19H,11-15H2/q+1. The van der Waals surface area contributed by atoms with Gasteiger partial charge in [-0.2, -0.15) is 4.79 Å². The maximum absolute atomic E-state index is 12.7. The van der Waals surface area contributed by atoms with Crippen molar-refractivity contribution in [3.63, 3.8) is 0 Å². The third-order valence-electron chi connectivity index (χ3n) is 3.91. The van der Waals surface area contributed by atoms with Gasteiger partial charge < -0.3 is 9.47 Å². The Morgan fingerprint density at radius 2 is 1.61 bits per heavy atom. The van der Waals surface area contributed by atoms with Crippen LogP contribution in [0.4, 0.5) is 10.5 Å². The Labute approximate surface area is 136 Å². The lowest BCUT2D eigenvalue weighted by Crippen LogP contribution is -2.62. The van der Waals surface area contributed by atoms with Crippen molar-refractivity contribution in [2.75, 3.05) is 31.7 Å². The molecule has 5 nitrogen and oxygen atoms in total. The molecule has 2 aromatic carbocycles. The average molecular weight is 313 g/mol. The Morgan fingerprint density at radius 3 is 2.26 bits per heavy atom. The normalized spacial score (nSPS) is 16.5. The van der Waals surface area contributed by atoms with E-state index in [2.05, 4.69) is 5.43 Å². The molecule has 0 unspecified atom stereocenters. The number of ether oxygens (including phenoxy) is 2. The number of benzene rings is 2. The minimum absolute atomic E-state index is 0.0524. The van der Waals surface area contributed by atoms with E-state index >= 15 is 0 Å². The van der Waals surface area contributed by atoms with E-state index in [0.717, 1.165) is 11.3 Å². The Bertz CT molecular complexity index is 625. The van der Waals surface area contributed by atoms with Gasteiger partial charge in [-0.1, -0.05) is 48.5 Å². The minimum atomic E-state index is -0.277. The predicted molar refractivity (Wildman–Crippen MR) is 87.5 cm³/mol. The second-order valence-corrected chi connectivity index (χ2v) is 5.55. The molecular weight excluding hydrogens is 292 g/mol. The topological polar surface area (TPSA) is 47.6 Å². The van der Waals surface area contributed by atoms with Crippen molar-refractivity contribution < 1.29 is 18.9 Å². The molecule has 0 aliphatic carbocycles. The molecule has 0 aromatic heterocycles. The monoisotopic (exact) mass is 313 g/mol. The van der Waals surface area contributed by atoms with Crippen LogP contribution in [0.25, 0.3) is 0 Å². The van der Waals surface area contributed by atoms with Crippen LogP contribution in [0.15, 0.2) is 60.7 Å². The Balaban J connectivity index is 1.71. The number of carbonyl (C=O) groups excluding carboxylic acids is 1. The predicted octanol–water partition coefficient (Wildman–Crippen LogP) is 3.20. The van der Waals surface area contributed by atoms with Gasteiger partial charge in [0.25, 0.3) is 0 Å². The summed E-state index contributed by atoms with van der Waals surface area (Å²) in [6, 6.07) is 19.4. The van der Waals surface area contributed by atoms with Crippen LogP contribution in [0, 0.1) is 0 Å². The molecule has 1 aliphatic rings. The van der Waals surface area contributed by atoms with Gasteiger partial charge in [0.2, 0.25) is 0 Å². The lowest BCUT2D eigenvalue weighted by atomic mass is 10.2. The van der Waals surface area contributed by atoms with Crippen molar-refractivity contribution in [3.05, 3.63) is 66.2 Å². The number of carbonyl (C=O) groups is 1. The zero-order valence-electron chi connectivity index (χ0n) is 13.0. The van der Waals surface area contributed by atoms with Crippen molar-refractivity contribution in [2.45, 2.75) is 6.61 Å². The molecular formula is C18H21N2O3+. The van der Waals surface area contributed by atoms with Gasteiger partial charge in [0.15, 0.2) is 0 Å². The first-order valence-corrected chi connectivity index (χ1v) is 7.78. The fourth-order valence-corrected chi connectivity index (χ4v) is 2.60. The van der Waals surface area contributed by atoms with E-state index in [9.17, 15) is 4.79 Å². The molecule has 0 spiro atoms. The number of amides is 1. The van der Waals surface area contributed by atoms with E-state index < -0.39 is 0 Å². The molecule has 1 fully saturated rings. The first-order valence-electron chi connectivity index (χ1n) is 7.78. The molecule has 0 radical (unpaired) electrons. The Morgan fingerprint density at radius 1 is 1.00 bits per heavy atom. The highest BCUT2D eigenvalue weighted by atomic mass is 16.6. The van der Waals surface area contributed by atoms with Crippen LogP contribution in [0.2, 0.25) is 0 Å². The van der Waals surface area contributed by atoms with E-state index in [1.54, 1.807) is 0 Å². The smallest absolute Gasteiger partial charge is 0.413 e. The summed E-state index contributed by atoms with van der Waals surface area (Å²) in [4.78, 5) is 12.7. The van der Waals surface area contributed by atoms with Gasteiger partial charge in [0, 0.05) is 0 Å². The van der Waals surface area contributed by atoms with Crippen molar-refractivity contribution in [1.82, 2.24) is 0 Å². The molecule has 1 aliphatic heterocycles. The summed E-state index contributed by atoms with van der Waals surface area (Å²) in [5.74, 6) is 0. The summed E-state index contributed by atoms with van der Waals surface area (Å²) in [6.45, 7) is 2.42. The molecule has 1 N–H and O–H groups in total. The van der Waals surface area contributed by atoms with E-state index in [-0.39, 0.29) is 17.3 Å². The zero-order chi connectivity index (χ0) is 16.0. The first-order chi connectivity index (χ1) is 11.3. The maximum atomic E-state index is 12.7. The Kier molecular flexibility index (Phi) is 4.90. The second kappa shape index (κ2) is 7.26. The summed E-state index contributed by atoms with van der Waals surface area (Å²) in [5, 5.41) is 0. The lowest BCUT2D eigenvalue weighted by Gasteiger charge is -2.36. The third-order valence-corrected chi connectivity index (χ3v) is 3.91. The largest absolute Gasteiger partial charge is 0.541 e. The quantitative estimate of drug-likeness (QED) is 0.881. The number of para-hydroxylation sites is 1. The van der Waals surface area contributed by atoms with Crippen LogP contribution >= 0.6 is 0 Å². The first kappa shape index (κ1) is 15.5. The van der Waals surface area contributed by atoms with Gasteiger partial charge in [0.1, 0.15) is 19.7 Å². The zero-order valence-corrected chi connectivity index (χ0v) is 13.0. The summed E-state index contributed by atoms with van der Waals surface area (Å²) >= 11 is 0. The highest BCUT2D eigenvalue weighted by molar-refractivity contribution is 5.61. The molecule has 0 atom stereocenters. The van der Waals surface area contributed by atoms with Gasteiger partial charge in [-0.3, -0.25) is 0 Å². The second-order valence-electron chi connectivity index (χ2n) is 5.55. The summed E-state index contributed by atoms with van der Waals surface area (Å²) in [6.07, 6.45) is -0.277. The fraction of sp³-hybridized carbons (Fsp3) is 0.278. The van der Waals surface area contributed by atoms with Crippen LogP contribution in [-0.4, -0.2) is 37.0 Å². The van der Waals surface area contributed by atoms with Crippen LogP contribution in [0.5, 0.6) is 0 Å². The van der Waals surface area contributed by atoms with Crippen LogP contribution in [0.1, 0.15) is 5.56 Å². The van der Waals surface area contributed by atoms with E-state index in [4.69, 9.17) is 9.47 Å². The van der Waals surface area contributed by atoms with Crippen LogP contribution in [0.3, 0.4) is 0 Å². The van der Waals surface area contributed by atoms with E-state index in [1.807, 2.05) is 60.7 Å². The third kappa shape index (κ3) is 3.88. The number of morpholine rings is 1. The van der Waals surface area contributed by atoms with E-state index in [0.29, 0.717) is 26.3 Å². The summed E-state index contributed by atoms with van der Waals surface area (Å²) in [5.41, 5.74) is 5.19. The SMILES string of the molecule is O=C(OCc1ccccc1)[N+]1(Nc2ccccc2)CCOCC1. The van der Waals surface area contributed by atoms with Gasteiger partial charge in [-0.25, -0.2) is 5.43 Å². The molecule has 3 rings (SSSR count). The molecule has 0 saturated carbocycles. The van der Waals surface area contributed by atoms with Gasteiger partial charge >= 0.3 is 6.09 Å². The summed E-state index contributed by atoms with van der Waals surface area (Å²) in [7, 11) is 0. The number of nitrogens with one attached hydrogen (secondary N) is 1. The number of nitrogens with zero attached hydrogens (tertiary/aromatic N) is 1. The molecule has 1 saturated heterocycles. The van der Waals surface area contributed by atoms with Crippen LogP contribution < -0.4 is 5.43 Å². The molecule has 5 heteroatoms. The van der Waals surface area contributed by atoms with E-state index in [1.165, 1.54) is 0 Å².